The van der Waals surface area contributed by atoms with E-state index in [0.717, 1.165) is 55.8 Å². The number of piperazine rings is 1. The molecule has 0 spiro atoms. The lowest BCUT2D eigenvalue weighted by Crippen LogP contribution is -2.72. The van der Waals surface area contributed by atoms with Crippen LogP contribution in [0.25, 0.3) is 0 Å². The molecule has 2 saturated heterocycles. The lowest BCUT2D eigenvalue weighted by atomic mass is 9.86. The maximum Gasteiger partial charge on any atom is 0.330 e. The maximum absolute atomic E-state index is 14.9. The van der Waals surface area contributed by atoms with Crippen LogP contribution in [0.3, 0.4) is 0 Å². The molecule has 2 fully saturated rings. The molecule has 4 aliphatic heterocycles. The number of carbonyl (C=O) groups excluding carboxylic acids is 2. The standard InChI is InChI=1S/C36H32N4O4S2/c41-34(42)33-30-17-9-12-25(38(30)36(44)40-27-14-4-2-11-24(27)22-46-32-19-8-6-16-29(32)40)20-37(33)35(43)39-26-13-3-1-10-23(26)21-45-31-18-7-5-15-28(31)39/h1-8,10-11,13-16,18-19,25,30,33H,9,12,17,20-22H2,(H,41,42)/t25-,30+,33-/m0/s1. The third-order valence-electron chi connectivity index (χ3n) is 9.44. The number of aliphatic carboxylic acids is 1. The molecule has 0 radical (unpaired) electrons. The smallest absolute Gasteiger partial charge is 0.330 e. The Morgan fingerprint density at radius 2 is 1.13 bits per heavy atom. The molecule has 46 heavy (non-hydrogen) atoms. The number of hydrogen-bond donors (Lipinski definition) is 1. The van der Waals surface area contributed by atoms with Crippen molar-refractivity contribution in [2.75, 3.05) is 16.3 Å². The SMILES string of the molecule is O=C(O)[C@@H]1[C@H]2CCC[C@@H](CN1C(=O)N1c3ccccc3CSc3ccccc31)N2C(=O)N1c2ccccc2CSc2ccccc21. The summed E-state index contributed by atoms with van der Waals surface area (Å²) < 4.78 is 0. The Labute approximate surface area is 276 Å². The van der Waals surface area contributed by atoms with Crippen molar-refractivity contribution in [1.82, 2.24) is 9.80 Å². The van der Waals surface area contributed by atoms with Crippen LogP contribution in [0, 0.1) is 0 Å². The molecule has 3 atom stereocenters. The van der Waals surface area contributed by atoms with Crippen LogP contribution >= 0.6 is 23.5 Å². The van der Waals surface area contributed by atoms with Gasteiger partial charge in [0.1, 0.15) is 0 Å². The molecule has 232 valence electrons. The Morgan fingerprint density at radius 1 is 0.630 bits per heavy atom. The minimum absolute atomic E-state index is 0.137. The van der Waals surface area contributed by atoms with E-state index < -0.39 is 18.1 Å². The van der Waals surface area contributed by atoms with Crippen molar-refractivity contribution in [3.05, 3.63) is 108 Å². The van der Waals surface area contributed by atoms with E-state index in [9.17, 15) is 19.5 Å². The fourth-order valence-electron chi connectivity index (χ4n) is 7.40. The van der Waals surface area contributed by atoms with E-state index in [1.165, 1.54) is 4.90 Å². The molecule has 4 aromatic carbocycles. The first kappa shape index (κ1) is 29.0. The summed E-state index contributed by atoms with van der Waals surface area (Å²) in [5, 5.41) is 10.8. The van der Waals surface area contributed by atoms with Crippen LogP contribution in [0.4, 0.5) is 32.3 Å². The second-order valence-electron chi connectivity index (χ2n) is 12.0. The Balaban J connectivity index is 1.20. The van der Waals surface area contributed by atoms with Crippen LogP contribution in [0.5, 0.6) is 0 Å². The Hall–Kier alpha value is -4.41. The van der Waals surface area contributed by atoms with Crippen molar-refractivity contribution in [1.29, 1.82) is 0 Å². The molecule has 0 aromatic heterocycles. The minimum Gasteiger partial charge on any atom is -0.480 e. The number of fused-ring (bicyclic) bond motifs is 6. The van der Waals surface area contributed by atoms with Crippen molar-refractivity contribution in [3.8, 4) is 0 Å². The topological polar surface area (TPSA) is 84.4 Å². The molecule has 8 rings (SSSR count). The van der Waals surface area contributed by atoms with Crippen LogP contribution in [0.1, 0.15) is 30.4 Å². The number of amides is 4. The number of benzene rings is 4. The van der Waals surface area contributed by atoms with Gasteiger partial charge in [-0.05, 0) is 66.8 Å². The Morgan fingerprint density at radius 3 is 1.70 bits per heavy atom. The van der Waals surface area contributed by atoms with E-state index in [1.807, 2.05) is 97.1 Å². The van der Waals surface area contributed by atoms with E-state index in [4.69, 9.17) is 0 Å². The van der Waals surface area contributed by atoms with Crippen LogP contribution in [-0.2, 0) is 16.3 Å². The highest BCUT2D eigenvalue weighted by Crippen LogP contribution is 2.46. The summed E-state index contributed by atoms with van der Waals surface area (Å²) in [5.74, 6) is 0.319. The van der Waals surface area contributed by atoms with Crippen molar-refractivity contribution >= 4 is 64.3 Å². The molecule has 4 amide bonds. The summed E-state index contributed by atoms with van der Waals surface area (Å²) in [4.78, 5) is 51.6. The first-order chi connectivity index (χ1) is 22.5. The molecule has 0 aliphatic carbocycles. The van der Waals surface area contributed by atoms with E-state index in [0.29, 0.717) is 18.6 Å². The number of anilines is 4. The molecular weight excluding hydrogens is 617 g/mol. The molecule has 4 heterocycles. The zero-order valence-corrected chi connectivity index (χ0v) is 26.6. The quantitative estimate of drug-likeness (QED) is 0.225. The molecule has 0 saturated carbocycles. The van der Waals surface area contributed by atoms with E-state index >= 15 is 0 Å². The summed E-state index contributed by atoms with van der Waals surface area (Å²) in [6, 6.07) is 28.6. The second-order valence-corrected chi connectivity index (χ2v) is 14.0. The van der Waals surface area contributed by atoms with Gasteiger partial charge in [-0.25, -0.2) is 14.4 Å². The van der Waals surface area contributed by atoms with Crippen molar-refractivity contribution in [2.24, 2.45) is 0 Å². The van der Waals surface area contributed by atoms with Crippen LogP contribution in [0.15, 0.2) is 107 Å². The predicted molar refractivity (Wildman–Crippen MR) is 181 cm³/mol. The van der Waals surface area contributed by atoms with Gasteiger partial charge in [-0.15, -0.1) is 23.5 Å². The van der Waals surface area contributed by atoms with Gasteiger partial charge in [0.15, 0.2) is 6.04 Å². The average Bonchev–Trinajstić information content (AvgIpc) is 3.35. The number of rotatable bonds is 1. The van der Waals surface area contributed by atoms with Gasteiger partial charge in [0.2, 0.25) is 0 Å². The molecule has 0 unspecified atom stereocenters. The number of likely N-dealkylation sites (tertiary alicyclic amines) is 1. The molecule has 4 aliphatic rings. The van der Waals surface area contributed by atoms with Crippen LogP contribution < -0.4 is 9.80 Å². The number of thioether (sulfide) groups is 2. The highest BCUT2D eigenvalue weighted by molar-refractivity contribution is 7.99. The van der Waals surface area contributed by atoms with Gasteiger partial charge in [0.25, 0.3) is 0 Å². The molecular formula is C36H32N4O4S2. The van der Waals surface area contributed by atoms with Crippen molar-refractivity contribution in [3.63, 3.8) is 0 Å². The van der Waals surface area contributed by atoms with Gasteiger partial charge in [-0.2, -0.15) is 0 Å². The van der Waals surface area contributed by atoms with Crippen LogP contribution in [-0.4, -0.2) is 57.6 Å². The van der Waals surface area contributed by atoms with Crippen LogP contribution in [0.2, 0.25) is 0 Å². The van der Waals surface area contributed by atoms with Gasteiger partial charge < -0.3 is 14.9 Å². The normalized spacial score (nSPS) is 21.6. The molecule has 8 nitrogen and oxygen atoms in total. The van der Waals surface area contributed by atoms with E-state index in [1.54, 1.807) is 38.2 Å². The maximum atomic E-state index is 14.9. The zero-order valence-electron chi connectivity index (χ0n) is 25.0. The van der Waals surface area contributed by atoms with Crippen molar-refractivity contribution in [2.45, 2.75) is 58.7 Å². The zero-order chi connectivity index (χ0) is 31.4. The number of carboxylic acid groups (broad SMARTS) is 1. The van der Waals surface area contributed by atoms with E-state index in [-0.39, 0.29) is 24.6 Å². The first-order valence-electron chi connectivity index (χ1n) is 15.6. The van der Waals surface area contributed by atoms with Gasteiger partial charge in [-0.3, -0.25) is 9.80 Å². The number of para-hydroxylation sites is 4. The molecule has 1 N–H and O–H groups in total. The summed E-state index contributed by atoms with van der Waals surface area (Å²) in [6.45, 7) is 0.137. The summed E-state index contributed by atoms with van der Waals surface area (Å²) in [6.07, 6.45) is 1.98. The fraction of sp³-hybridized carbons (Fsp3) is 0.250. The second kappa shape index (κ2) is 11.7. The number of piperidine rings is 1. The number of carbonyl (C=O) groups is 3. The van der Waals surface area contributed by atoms with Gasteiger partial charge in [-0.1, -0.05) is 60.7 Å². The van der Waals surface area contributed by atoms with E-state index in [2.05, 4.69) is 0 Å². The third-order valence-corrected chi connectivity index (χ3v) is 11.7. The minimum atomic E-state index is -1.20. The largest absolute Gasteiger partial charge is 0.480 e. The summed E-state index contributed by atoms with van der Waals surface area (Å²) >= 11 is 3.36. The number of urea groups is 2. The summed E-state index contributed by atoms with van der Waals surface area (Å²) in [5.41, 5.74) is 5.15. The lowest BCUT2D eigenvalue weighted by molar-refractivity contribution is -0.148. The summed E-state index contributed by atoms with van der Waals surface area (Å²) in [7, 11) is 0. The Kier molecular flexibility index (Phi) is 7.41. The highest BCUT2D eigenvalue weighted by atomic mass is 32.2. The Bertz CT molecular complexity index is 1770. The average molecular weight is 649 g/mol. The predicted octanol–water partition coefficient (Wildman–Crippen LogP) is 8.11. The molecule has 4 aromatic rings. The highest BCUT2D eigenvalue weighted by Gasteiger charge is 2.53. The number of nitrogens with zero attached hydrogens (tertiary/aromatic N) is 4. The van der Waals surface area contributed by atoms with Gasteiger partial charge in [0, 0.05) is 27.8 Å². The number of hydrogen-bond acceptors (Lipinski definition) is 5. The monoisotopic (exact) mass is 648 g/mol. The van der Waals surface area contributed by atoms with Gasteiger partial charge in [0.05, 0.1) is 34.8 Å². The van der Waals surface area contributed by atoms with Crippen molar-refractivity contribution < 1.29 is 19.5 Å². The third kappa shape index (κ3) is 4.73. The number of carboxylic acids is 1. The lowest BCUT2D eigenvalue weighted by Gasteiger charge is -2.54. The van der Waals surface area contributed by atoms with Gasteiger partial charge >= 0.3 is 18.0 Å². The first-order valence-corrected chi connectivity index (χ1v) is 17.5. The molecule has 10 heteroatoms. The molecule has 2 bridgehead atoms. The fourth-order valence-corrected chi connectivity index (χ4v) is 9.47.